The summed E-state index contributed by atoms with van der Waals surface area (Å²) in [7, 11) is 0. The fourth-order valence-corrected chi connectivity index (χ4v) is 0.250. The number of rotatable bonds is 3. The minimum atomic E-state index is -0.614. The second kappa shape index (κ2) is 4.96. The average molecular weight is 131 g/mol. The molecular weight excluding hydrogens is 122 g/mol. The van der Waals surface area contributed by atoms with E-state index in [1.165, 1.54) is 0 Å². The summed E-state index contributed by atoms with van der Waals surface area (Å²) >= 11 is 0. The Morgan fingerprint density at radius 3 is 3.00 bits per heavy atom. The van der Waals surface area contributed by atoms with Gasteiger partial charge < -0.3 is 9.57 Å². The molecule has 0 unspecified atom stereocenters. The topological polar surface area (TPSA) is 47.6 Å². The van der Waals surface area contributed by atoms with Gasteiger partial charge in [0.25, 0.3) is 0 Å². The van der Waals surface area contributed by atoms with E-state index in [4.69, 9.17) is 0 Å². The molecule has 4 heteroatoms. The summed E-state index contributed by atoms with van der Waals surface area (Å²) in [6.45, 7) is 5.23. The minimum absolute atomic E-state index is 0.326. The van der Waals surface area contributed by atoms with Gasteiger partial charge in [0.05, 0.1) is 6.61 Å². The van der Waals surface area contributed by atoms with Crippen LogP contribution in [0, 0.1) is 0 Å². The fourth-order valence-electron chi connectivity index (χ4n) is 0.250. The van der Waals surface area contributed by atoms with Crippen LogP contribution in [0.1, 0.15) is 6.92 Å². The first kappa shape index (κ1) is 7.81. The van der Waals surface area contributed by atoms with Gasteiger partial charge in [-0.2, -0.15) is 5.48 Å². The molecule has 52 valence electrons. The van der Waals surface area contributed by atoms with E-state index in [0.29, 0.717) is 6.61 Å². The molecule has 0 heterocycles. The molecule has 0 radical (unpaired) electrons. The Balaban J connectivity index is 3.16. The predicted molar refractivity (Wildman–Crippen MR) is 31.4 cm³/mol. The van der Waals surface area contributed by atoms with Crippen molar-refractivity contribution in [2.45, 2.75) is 6.92 Å². The molecule has 0 aromatic heterocycles. The maximum absolute atomic E-state index is 10.3. The minimum Gasteiger partial charge on any atom is -0.448 e. The summed E-state index contributed by atoms with van der Waals surface area (Å²) in [4.78, 5) is 14.6. The van der Waals surface area contributed by atoms with Gasteiger partial charge in [-0.3, -0.25) is 0 Å². The zero-order valence-corrected chi connectivity index (χ0v) is 5.22. The van der Waals surface area contributed by atoms with Crippen LogP contribution in [0.4, 0.5) is 4.79 Å². The molecule has 1 amide bonds. The standard InChI is InChI=1S/C5H9NO3/c1-3-8-5(7)6-9-4-2/h4H,2-3H2,1H3,(H,6,7). The summed E-state index contributed by atoms with van der Waals surface area (Å²) < 4.78 is 4.42. The van der Waals surface area contributed by atoms with Gasteiger partial charge in [-0.25, -0.2) is 4.79 Å². The highest BCUT2D eigenvalue weighted by Crippen LogP contribution is 1.75. The third kappa shape index (κ3) is 4.67. The van der Waals surface area contributed by atoms with E-state index in [1.54, 1.807) is 6.92 Å². The maximum atomic E-state index is 10.3. The molecular formula is C5H9NO3. The molecule has 0 aromatic carbocycles. The highest BCUT2D eigenvalue weighted by atomic mass is 16.7. The first-order valence-electron chi connectivity index (χ1n) is 2.50. The van der Waals surface area contributed by atoms with Gasteiger partial charge in [0.2, 0.25) is 0 Å². The van der Waals surface area contributed by atoms with E-state index in [2.05, 4.69) is 16.2 Å². The third-order valence-electron chi connectivity index (χ3n) is 0.501. The van der Waals surface area contributed by atoms with Crippen molar-refractivity contribution >= 4 is 6.09 Å². The molecule has 0 saturated heterocycles. The molecule has 0 rings (SSSR count). The maximum Gasteiger partial charge on any atom is 0.440 e. The Morgan fingerprint density at radius 2 is 2.56 bits per heavy atom. The van der Waals surface area contributed by atoms with Crippen molar-refractivity contribution in [2.75, 3.05) is 6.61 Å². The Bertz CT molecular complexity index is 102. The molecule has 0 spiro atoms. The Labute approximate surface area is 53.4 Å². The van der Waals surface area contributed by atoms with Crippen molar-refractivity contribution in [1.29, 1.82) is 0 Å². The van der Waals surface area contributed by atoms with E-state index >= 15 is 0 Å². The van der Waals surface area contributed by atoms with Gasteiger partial charge in [0.1, 0.15) is 6.26 Å². The van der Waals surface area contributed by atoms with E-state index in [0.717, 1.165) is 6.26 Å². The summed E-state index contributed by atoms with van der Waals surface area (Å²) in [5.74, 6) is 0. The number of hydroxylamine groups is 1. The molecule has 0 aliphatic heterocycles. The Hall–Kier alpha value is -1.19. The molecule has 0 aliphatic carbocycles. The van der Waals surface area contributed by atoms with Gasteiger partial charge in [-0.15, -0.1) is 0 Å². The van der Waals surface area contributed by atoms with Crippen LogP contribution in [0.2, 0.25) is 0 Å². The quantitative estimate of drug-likeness (QED) is 0.455. The molecule has 0 saturated carbocycles. The molecule has 9 heavy (non-hydrogen) atoms. The van der Waals surface area contributed by atoms with E-state index in [9.17, 15) is 4.79 Å². The van der Waals surface area contributed by atoms with E-state index < -0.39 is 6.09 Å². The number of amides is 1. The lowest BCUT2D eigenvalue weighted by atomic mass is 10.9. The SMILES string of the molecule is C=CONC(=O)OCC. The second-order valence-corrected chi connectivity index (χ2v) is 1.11. The number of carbonyl (C=O) groups excluding carboxylic acids is 1. The molecule has 1 N–H and O–H groups in total. The number of carbonyl (C=O) groups is 1. The monoisotopic (exact) mass is 131 g/mol. The number of hydrogen-bond donors (Lipinski definition) is 1. The first-order valence-corrected chi connectivity index (χ1v) is 2.50. The lowest BCUT2D eigenvalue weighted by molar-refractivity contribution is 0.0824. The van der Waals surface area contributed by atoms with Gasteiger partial charge >= 0.3 is 6.09 Å². The lowest BCUT2D eigenvalue weighted by Gasteiger charge is -2.00. The van der Waals surface area contributed by atoms with Crippen molar-refractivity contribution in [3.63, 3.8) is 0 Å². The first-order chi connectivity index (χ1) is 4.31. The second-order valence-electron chi connectivity index (χ2n) is 1.11. The lowest BCUT2D eigenvalue weighted by Crippen LogP contribution is -2.22. The number of nitrogens with one attached hydrogen (secondary N) is 1. The van der Waals surface area contributed by atoms with Gasteiger partial charge in [-0.05, 0) is 6.92 Å². The van der Waals surface area contributed by atoms with Crippen molar-refractivity contribution in [2.24, 2.45) is 0 Å². The molecule has 0 bridgehead atoms. The molecule has 0 aromatic rings. The third-order valence-corrected chi connectivity index (χ3v) is 0.501. The van der Waals surface area contributed by atoms with Gasteiger partial charge in [-0.1, -0.05) is 6.58 Å². The molecule has 0 fully saturated rings. The van der Waals surface area contributed by atoms with Crippen LogP contribution >= 0.6 is 0 Å². The molecule has 4 nitrogen and oxygen atoms in total. The van der Waals surface area contributed by atoms with Crippen LogP contribution in [0.15, 0.2) is 12.8 Å². The van der Waals surface area contributed by atoms with Crippen molar-refractivity contribution in [3.05, 3.63) is 12.8 Å². The highest BCUT2D eigenvalue weighted by molar-refractivity contribution is 5.65. The summed E-state index contributed by atoms with van der Waals surface area (Å²) in [5.41, 5.74) is 1.95. The zero-order chi connectivity index (χ0) is 7.11. The van der Waals surface area contributed by atoms with Crippen LogP contribution in [0.3, 0.4) is 0 Å². The largest absolute Gasteiger partial charge is 0.448 e. The van der Waals surface area contributed by atoms with Gasteiger partial charge in [0.15, 0.2) is 0 Å². The number of hydrogen-bond acceptors (Lipinski definition) is 3. The van der Waals surface area contributed by atoms with Crippen LogP contribution in [-0.4, -0.2) is 12.7 Å². The summed E-state index contributed by atoms with van der Waals surface area (Å²) in [6, 6.07) is 0. The summed E-state index contributed by atoms with van der Waals surface area (Å²) in [5, 5.41) is 0. The average Bonchev–Trinajstić information content (AvgIpc) is 1.85. The predicted octanol–water partition coefficient (Wildman–Crippen LogP) is 0.808. The summed E-state index contributed by atoms with van der Waals surface area (Å²) in [6.07, 6.45) is 0.481. The molecule has 0 aliphatic rings. The Kier molecular flexibility index (Phi) is 4.30. The highest BCUT2D eigenvalue weighted by Gasteiger charge is 1.95. The molecule has 0 atom stereocenters. The van der Waals surface area contributed by atoms with E-state index in [-0.39, 0.29) is 0 Å². The normalized spacial score (nSPS) is 7.67. The van der Waals surface area contributed by atoms with Crippen molar-refractivity contribution in [3.8, 4) is 0 Å². The smallest absolute Gasteiger partial charge is 0.440 e. The van der Waals surface area contributed by atoms with E-state index in [1.807, 2.05) is 5.48 Å². The Morgan fingerprint density at radius 1 is 1.89 bits per heavy atom. The van der Waals surface area contributed by atoms with Crippen molar-refractivity contribution < 1.29 is 14.4 Å². The zero-order valence-electron chi connectivity index (χ0n) is 5.22. The van der Waals surface area contributed by atoms with Crippen molar-refractivity contribution in [1.82, 2.24) is 5.48 Å². The van der Waals surface area contributed by atoms with Crippen LogP contribution < -0.4 is 5.48 Å². The fraction of sp³-hybridized carbons (Fsp3) is 0.400. The number of ether oxygens (including phenoxy) is 1. The van der Waals surface area contributed by atoms with Crippen LogP contribution in [0.5, 0.6) is 0 Å². The van der Waals surface area contributed by atoms with Crippen LogP contribution in [-0.2, 0) is 9.57 Å². The van der Waals surface area contributed by atoms with Gasteiger partial charge in [0, 0.05) is 0 Å². The van der Waals surface area contributed by atoms with Crippen LogP contribution in [0.25, 0.3) is 0 Å².